The molecule has 1 atom stereocenters. The first kappa shape index (κ1) is 16.2. The Bertz CT molecular complexity index is 736. The van der Waals surface area contributed by atoms with Crippen LogP contribution >= 0.6 is 0 Å². The second-order valence-electron chi connectivity index (χ2n) is 6.07. The summed E-state index contributed by atoms with van der Waals surface area (Å²) in [4.78, 5) is 25.4. The number of aromatic nitrogens is 2. The summed E-state index contributed by atoms with van der Waals surface area (Å²) in [5.74, 6) is -0.721. The number of carbonyl (C=O) groups excluding carboxylic acids is 1. The van der Waals surface area contributed by atoms with Crippen molar-refractivity contribution in [2.75, 3.05) is 13.1 Å². The minimum Gasteiger partial charge on any atom is -0.478 e. The SMILES string of the molecule is CCn1ccc(C(=O)N2CCCC(c3ccc(C(=O)O)cc3)C2)n1. The molecule has 1 aromatic carbocycles. The summed E-state index contributed by atoms with van der Waals surface area (Å²) in [6.45, 7) is 4.11. The van der Waals surface area contributed by atoms with Crippen LogP contribution in [0.4, 0.5) is 0 Å². The molecule has 0 saturated carbocycles. The van der Waals surface area contributed by atoms with E-state index >= 15 is 0 Å². The predicted octanol–water partition coefficient (Wildman–Crippen LogP) is 2.62. The van der Waals surface area contributed by atoms with Crippen molar-refractivity contribution in [3.05, 3.63) is 53.3 Å². The van der Waals surface area contributed by atoms with Crippen LogP contribution in [0.15, 0.2) is 36.5 Å². The Morgan fingerprint density at radius 3 is 2.62 bits per heavy atom. The van der Waals surface area contributed by atoms with E-state index in [4.69, 9.17) is 5.11 Å². The normalized spacial score (nSPS) is 17.7. The maximum atomic E-state index is 12.6. The van der Waals surface area contributed by atoms with Crippen molar-refractivity contribution in [2.45, 2.75) is 32.2 Å². The van der Waals surface area contributed by atoms with Crippen molar-refractivity contribution in [1.82, 2.24) is 14.7 Å². The molecule has 0 radical (unpaired) electrons. The first-order valence-corrected chi connectivity index (χ1v) is 8.24. The highest BCUT2D eigenvalue weighted by Gasteiger charge is 2.26. The van der Waals surface area contributed by atoms with Gasteiger partial charge in [0.15, 0.2) is 0 Å². The van der Waals surface area contributed by atoms with Gasteiger partial charge in [0.25, 0.3) is 5.91 Å². The molecule has 126 valence electrons. The van der Waals surface area contributed by atoms with Crippen LogP contribution in [0, 0.1) is 0 Å². The maximum absolute atomic E-state index is 12.6. The van der Waals surface area contributed by atoms with E-state index in [0.717, 1.165) is 31.5 Å². The second kappa shape index (κ2) is 6.86. The number of carboxylic acids is 1. The van der Waals surface area contributed by atoms with E-state index in [1.807, 2.05) is 30.2 Å². The van der Waals surface area contributed by atoms with Crippen LogP contribution in [0.1, 0.15) is 52.1 Å². The monoisotopic (exact) mass is 327 g/mol. The van der Waals surface area contributed by atoms with Gasteiger partial charge in [-0.15, -0.1) is 0 Å². The van der Waals surface area contributed by atoms with E-state index in [1.54, 1.807) is 22.9 Å². The number of benzene rings is 1. The topological polar surface area (TPSA) is 75.4 Å². The average Bonchev–Trinajstić information content (AvgIpc) is 3.10. The largest absolute Gasteiger partial charge is 0.478 e. The van der Waals surface area contributed by atoms with Crippen molar-refractivity contribution in [3.63, 3.8) is 0 Å². The van der Waals surface area contributed by atoms with Crippen LogP contribution in [-0.4, -0.2) is 44.8 Å². The molecule has 1 aliphatic rings. The van der Waals surface area contributed by atoms with Gasteiger partial charge >= 0.3 is 5.97 Å². The summed E-state index contributed by atoms with van der Waals surface area (Å²) >= 11 is 0. The number of hydrogen-bond donors (Lipinski definition) is 1. The Balaban J connectivity index is 1.71. The molecule has 1 N–H and O–H groups in total. The number of likely N-dealkylation sites (tertiary alicyclic amines) is 1. The molecule has 1 saturated heterocycles. The number of aromatic carboxylic acids is 1. The van der Waals surface area contributed by atoms with E-state index in [0.29, 0.717) is 12.2 Å². The number of nitrogens with zero attached hydrogens (tertiary/aromatic N) is 3. The van der Waals surface area contributed by atoms with Crippen molar-refractivity contribution in [3.8, 4) is 0 Å². The highest BCUT2D eigenvalue weighted by atomic mass is 16.4. The third-order valence-corrected chi connectivity index (χ3v) is 4.52. The summed E-state index contributed by atoms with van der Waals surface area (Å²) in [5, 5.41) is 13.3. The van der Waals surface area contributed by atoms with Crippen LogP contribution in [0.5, 0.6) is 0 Å². The minimum atomic E-state index is -0.923. The lowest BCUT2D eigenvalue weighted by Gasteiger charge is -2.32. The van der Waals surface area contributed by atoms with E-state index < -0.39 is 5.97 Å². The summed E-state index contributed by atoms with van der Waals surface area (Å²) in [7, 11) is 0. The van der Waals surface area contributed by atoms with Crippen molar-refractivity contribution >= 4 is 11.9 Å². The number of rotatable bonds is 4. The van der Waals surface area contributed by atoms with Crippen LogP contribution < -0.4 is 0 Å². The van der Waals surface area contributed by atoms with E-state index in [9.17, 15) is 9.59 Å². The van der Waals surface area contributed by atoms with Crippen molar-refractivity contribution < 1.29 is 14.7 Å². The molecule has 0 spiro atoms. The highest BCUT2D eigenvalue weighted by molar-refractivity contribution is 5.92. The Hall–Kier alpha value is -2.63. The predicted molar refractivity (Wildman–Crippen MR) is 89.2 cm³/mol. The summed E-state index contributed by atoms with van der Waals surface area (Å²) in [6.07, 6.45) is 3.75. The first-order chi connectivity index (χ1) is 11.6. The maximum Gasteiger partial charge on any atom is 0.335 e. The molecule has 1 aromatic heterocycles. The highest BCUT2D eigenvalue weighted by Crippen LogP contribution is 2.27. The minimum absolute atomic E-state index is 0.0333. The molecule has 24 heavy (non-hydrogen) atoms. The number of aryl methyl sites for hydroxylation is 1. The molecule has 1 aliphatic heterocycles. The number of carboxylic acid groups (broad SMARTS) is 1. The number of carbonyl (C=O) groups is 2. The Labute approximate surface area is 140 Å². The van der Waals surface area contributed by atoms with Crippen LogP contribution in [0.25, 0.3) is 0 Å². The number of piperidine rings is 1. The second-order valence-corrected chi connectivity index (χ2v) is 6.07. The molecular formula is C18H21N3O3. The van der Waals surface area contributed by atoms with Gasteiger partial charge in [-0.25, -0.2) is 4.79 Å². The zero-order valence-corrected chi connectivity index (χ0v) is 13.7. The van der Waals surface area contributed by atoms with Gasteiger partial charge in [0.2, 0.25) is 0 Å². The van der Waals surface area contributed by atoms with Crippen LogP contribution in [0.2, 0.25) is 0 Å². The summed E-state index contributed by atoms with van der Waals surface area (Å²) < 4.78 is 1.75. The van der Waals surface area contributed by atoms with E-state index in [1.165, 1.54) is 0 Å². The average molecular weight is 327 g/mol. The summed E-state index contributed by atoms with van der Waals surface area (Å²) in [6, 6.07) is 8.72. The zero-order valence-electron chi connectivity index (χ0n) is 13.7. The molecule has 2 aromatic rings. The Kier molecular flexibility index (Phi) is 4.64. The van der Waals surface area contributed by atoms with Gasteiger partial charge in [-0.3, -0.25) is 9.48 Å². The molecule has 1 fully saturated rings. The van der Waals surface area contributed by atoms with Crippen LogP contribution in [-0.2, 0) is 6.54 Å². The lowest BCUT2D eigenvalue weighted by atomic mass is 9.90. The fourth-order valence-electron chi connectivity index (χ4n) is 3.15. The number of amides is 1. The van der Waals surface area contributed by atoms with Crippen molar-refractivity contribution in [2.24, 2.45) is 0 Å². The van der Waals surface area contributed by atoms with E-state index in [-0.39, 0.29) is 17.4 Å². The molecule has 2 heterocycles. The van der Waals surface area contributed by atoms with Gasteiger partial charge in [0.1, 0.15) is 5.69 Å². The lowest BCUT2D eigenvalue weighted by Crippen LogP contribution is -2.39. The quantitative estimate of drug-likeness (QED) is 0.936. The number of hydrogen-bond acceptors (Lipinski definition) is 3. The standard InChI is InChI=1S/C18H21N3O3/c1-2-21-11-9-16(19-21)17(22)20-10-3-4-15(12-20)13-5-7-14(8-6-13)18(23)24/h5-9,11,15H,2-4,10,12H2,1H3,(H,23,24). The van der Waals surface area contributed by atoms with Crippen LogP contribution in [0.3, 0.4) is 0 Å². The van der Waals surface area contributed by atoms with Gasteiger partial charge in [0, 0.05) is 31.7 Å². The molecular weight excluding hydrogens is 306 g/mol. The van der Waals surface area contributed by atoms with Gasteiger partial charge < -0.3 is 10.0 Å². The molecule has 6 nitrogen and oxygen atoms in total. The third kappa shape index (κ3) is 3.32. The van der Waals surface area contributed by atoms with Gasteiger partial charge in [-0.1, -0.05) is 12.1 Å². The smallest absolute Gasteiger partial charge is 0.335 e. The van der Waals surface area contributed by atoms with E-state index in [2.05, 4.69) is 5.10 Å². The zero-order chi connectivity index (χ0) is 17.1. The third-order valence-electron chi connectivity index (χ3n) is 4.52. The molecule has 1 unspecified atom stereocenters. The van der Waals surface area contributed by atoms with Gasteiger partial charge in [-0.2, -0.15) is 5.10 Å². The fraction of sp³-hybridized carbons (Fsp3) is 0.389. The van der Waals surface area contributed by atoms with Crippen molar-refractivity contribution in [1.29, 1.82) is 0 Å². The Morgan fingerprint density at radius 1 is 1.25 bits per heavy atom. The molecule has 3 rings (SSSR count). The Morgan fingerprint density at radius 2 is 2.00 bits per heavy atom. The molecule has 6 heteroatoms. The first-order valence-electron chi connectivity index (χ1n) is 8.24. The van der Waals surface area contributed by atoms with Gasteiger partial charge in [0.05, 0.1) is 5.56 Å². The molecule has 1 amide bonds. The molecule has 0 bridgehead atoms. The fourth-order valence-corrected chi connectivity index (χ4v) is 3.15. The van der Waals surface area contributed by atoms with Gasteiger partial charge in [-0.05, 0) is 43.5 Å². The lowest BCUT2D eigenvalue weighted by molar-refractivity contribution is 0.0692. The summed E-state index contributed by atoms with van der Waals surface area (Å²) in [5.41, 5.74) is 1.85. The molecule has 0 aliphatic carbocycles.